The summed E-state index contributed by atoms with van der Waals surface area (Å²) in [5.74, 6) is 0. The lowest BCUT2D eigenvalue weighted by Crippen LogP contribution is -2.17. The third-order valence-electron chi connectivity index (χ3n) is 2.63. The third-order valence-corrected chi connectivity index (χ3v) is 5.39. The van der Waals surface area contributed by atoms with Crippen LogP contribution in [0.25, 0.3) is 0 Å². The quantitative estimate of drug-likeness (QED) is 0.854. The summed E-state index contributed by atoms with van der Waals surface area (Å²) < 4.78 is 27.3. The second-order valence-electron chi connectivity index (χ2n) is 4.10. The van der Waals surface area contributed by atoms with E-state index in [0.29, 0.717) is 22.2 Å². The number of hydrogen-bond acceptors (Lipinski definition) is 4. The van der Waals surface area contributed by atoms with E-state index in [1.165, 1.54) is 11.3 Å². The van der Waals surface area contributed by atoms with E-state index in [4.69, 9.17) is 11.6 Å². The van der Waals surface area contributed by atoms with E-state index in [1.54, 1.807) is 35.7 Å². The Labute approximate surface area is 127 Å². The Morgan fingerprint density at radius 2 is 1.90 bits per heavy atom. The molecule has 1 aromatic heterocycles. The number of thiophene rings is 1. The molecule has 20 heavy (non-hydrogen) atoms. The molecule has 0 fully saturated rings. The molecular weight excluding hydrogens is 316 g/mol. The molecule has 0 radical (unpaired) electrons. The van der Waals surface area contributed by atoms with Gasteiger partial charge in [0.25, 0.3) is 10.0 Å². The summed E-state index contributed by atoms with van der Waals surface area (Å²) in [5, 5.41) is 5.48. The molecule has 1 heterocycles. The van der Waals surface area contributed by atoms with Crippen molar-refractivity contribution in [3.63, 3.8) is 0 Å². The Morgan fingerprint density at radius 3 is 2.55 bits per heavy atom. The predicted molar refractivity (Wildman–Crippen MR) is 84.0 cm³/mol. The van der Waals surface area contributed by atoms with Crippen LogP contribution >= 0.6 is 22.9 Å². The average Bonchev–Trinajstić information content (AvgIpc) is 2.88. The van der Waals surface area contributed by atoms with Gasteiger partial charge < -0.3 is 5.32 Å². The van der Waals surface area contributed by atoms with Gasteiger partial charge in [0.15, 0.2) is 0 Å². The maximum absolute atomic E-state index is 12.4. The minimum atomic E-state index is -3.57. The zero-order chi connectivity index (χ0) is 14.6. The second kappa shape index (κ2) is 6.58. The lowest BCUT2D eigenvalue weighted by molar-refractivity contribution is 0.599. The molecule has 2 N–H and O–H groups in total. The van der Waals surface area contributed by atoms with Gasteiger partial charge in [0, 0.05) is 22.1 Å². The molecule has 2 aromatic rings. The van der Waals surface area contributed by atoms with E-state index in [1.807, 2.05) is 6.92 Å². The summed E-state index contributed by atoms with van der Waals surface area (Å²) >= 11 is 7.21. The van der Waals surface area contributed by atoms with Gasteiger partial charge in [-0.3, -0.25) is 4.72 Å². The van der Waals surface area contributed by atoms with Gasteiger partial charge in [-0.05, 0) is 42.3 Å². The molecule has 0 saturated heterocycles. The van der Waals surface area contributed by atoms with E-state index in [-0.39, 0.29) is 0 Å². The molecular formula is C13H15ClN2O2S2. The van der Waals surface area contributed by atoms with Crippen LogP contribution < -0.4 is 10.0 Å². The first kappa shape index (κ1) is 15.3. The van der Waals surface area contributed by atoms with Crippen LogP contribution in [0.4, 0.5) is 5.69 Å². The van der Waals surface area contributed by atoms with Gasteiger partial charge in [0.2, 0.25) is 0 Å². The van der Waals surface area contributed by atoms with Gasteiger partial charge >= 0.3 is 0 Å². The van der Waals surface area contributed by atoms with Crippen LogP contribution in [0.2, 0.25) is 5.02 Å². The zero-order valence-electron chi connectivity index (χ0n) is 10.9. The smallest absolute Gasteiger partial charge is 0.263 e. The highest BCUT2D eigenvalue weighted by Gasteiger charge is 2.19. The molecule has 0 aliphatic carbocycles. The maximum Gasteiger partial charge on any atom is 0.263 e. The van der Waals surface area contributed by atoms with Crippen molar-refractivity contribution < 1.29 is 8.42 Å². The van der Waals surface area contributed by atoms with Crippen molar-refractivity contribution >= 4 is 38.6 Å². The lowest BCUT2D eigenvalue weighted by atomic mass is 10.3. The average molecular weight is 331 g/mol. The number of benzene rings is 1. The number of halogens is 1. The first-order valence-corrected chi connectivity index (χ1v) is 8.82. The normalized spacial score (nSPS) is 11.5. The molecule has 0 saturated carbocycles. The van der Waals surface area contributed by atoms with Crippen molar-refractivity contribution in [3.8, 4) is 0 Å². The van der Waals surface area contributed by atoms with Crippen molar-refractivity contribution in [2.24, 2.45) is 0 Å². The minimum Gasteiger partial charge on any atom is -0.312 e. The second-order valence-corrected chi connectivity index (χ2v) is 7.19. The molecule has 0 aliphatic heterocycles. The van der Waals surface area contributed by atoms with Crippen LogP contribution in [-0.4, -0.2) is 15.0 Å². The standard InChI is InChI=1S/C13H15ClN2O2S2/c1-2-15-9-12-13(7-8-19-12)20(17,18)16-11-5-3-10(14)4-6-11/h3-8,15-16H,2,9H2,1H3. The molecule has 0 bridgehead atoms. The number of hydrogen-bond donors (Lipinski definition) is 2. The Bertz CT molecular complexity index is 666. The SMILES string of the molecule is CCNCc1sccc1S(=O)(=O)Nc1ccc(Cl)cc1. The molecule has 108 valence electrons. The highest BCUT2D eigenvalue weighted by molar-refractivity contribution is 7.93. The van der Waals surface area contributed by atoms with Crippen LogP contribution in [0, 0.1) is 0 Å². The van der Waals surface area contributed by atoms with Crippen LogP contribution in [0.1, 0.15) is 11.8 Å². The first-order chi connectivity index (χ1) is 9.53. The van der Waals surface area contributed by atoms with E-state index in [9.17, 15) is 8.42 Å². The largest absolute Gasteiger partial charge is 0.312 e. The van der Waals surface area contributed by atoms with Crippen molar-refractivity contribution in [1.29, 1.82) is 0 Å². The fraction of sp³-hybridized carbons (Fsp3) is 0.231. The molecule has 0 unspecified atom stereocenters. The highest BCUT2D eigenvalue weighted by Crippen LogP contribution is 2.24. The summed E-state index contributed by atoms with van der Waals surface area (Å²) in [6.07, 6.45) is 0. The summed E-state index contributed by atoms with van der Waals surface area (Å²) in [7, 11) is -3.57. The molecule has 7 heteroatoms. The Balaban J connectivity index is 2.22. The zero-order valence-corrected chi connectivity index (χ0v) is 13.3. The molecule has 4 nitrogen and oxygen atoms in total. The minimum absolute atomic E-state index is 0.318. The number of rotatable bonds is 6. The summed E-state index contributed by atoms with van der Waals surface area (Å²) in [5.41, 5.74) is 0.495. The summed E-state index contributed by atoms with van der Waals surface area (Å²) in [6.45, 7) is 3.32. The molecule has 0 atom stereocenters. The van der Waals surface area contributed by atoms with Gasteiger partial charge in [-0.25, -0.2) is 8.42 Å². The van der Waals surface area contributed by atoms with E-state index < -0.39 is 10.0 Å². The van der Waals surface area contributed by atoms with Gasteiger partial charge in [0.1, 0.15) is 4.90 Å². The number of sulfonamides is 1. The topological polar surface area (TPSA) is 58.2 Å². The lowest BCUT2D eigenvalue weighted by Gasteiger charge is -2.09. The van der Waals surface area contributed by atoms with Crippen molar-refractivity contribution in [3.05, 3.63) is 45.6 Å². The number of anilines is 1. The molecule has 0 spiro atoms. The van der Waals surface area contributed by atoms with Gasteiger partial charge in [0.05, 0.1) is 0 Å². The third kappa shape index (κ3) is 3.73. The summed E-state index contributed by atoms with van der Waals surface area (Å²) in [6, 6.07) is 8.18. The van der Waals surface area contributed by atoms with Gasteiger partial charge in [-0.15, -0.1) is 11.3 Å². The molecule has 0 amide bonds. The number of nitrogens with one attached hydrogen (secondary N) is 2. The monoisotopic (exact) mass is 330 g/mol. The fourth-order valence-electron chi connectivity index (χ4n) is 1.66. The van der Waals surface area contributed by atoms with Gasteiger partial charge in [-0.1, -0.05) is 18.5 Å². The Kier molecular flexibility index (Phi) is 5.04. The van der Waals surface area contributed by atoms with Crippen molar-refractivity contribution in [2.45, 2.75) is 18.4 Å². The maximum atomic E-state index is 12.4. The predicted octanol–water partition coefficient (Wildman–Crippen LogP) is 3.31. The van der Waals surface area contributed by atoms with Crippen LogP contribution in [0.3, 0.4) is 0 Å². The first-order valence-electron chi connectivity index (χ1n) is 6.08. The summed E-state index contributed by atoms with van der Waals surface area (Å²) in [4.78, 5) is 1.12. The van der Waals surface area contributed by atoms with Crippen molar-refractivity contribution in [1.82, 2.24) is 5.32 Å². The Morgan fingerprint density at radius 1 is 1.20 bits per heavy atom. The van der Waals surface area contributed by atoms with E-state index >= 15 is 0 Å². The van der Waals surface area contributed by atoms with Crippen LogP contribution in [-0.2, 0) is 16.6 Å². The van der Waals surface area contributed by atoms with E-state index in [0.717, 1.165) is 11.4 Å². The van der Waals surface area contributed by atoms with Gasteiger partial charge in [-0.2, -0.15) is 0 Å². The Hall–Kier alpha value is -1.08. The van der Waals surface area contributed by atoms with E-state index in [2.05, 4.69) is 10.0 Å². The molecule has 2 rings (SSSR count). The highest BCUT2D eigenvalue weighted by atomic mass is 35.5. The van der Waals surface area contributed by atoms with Crippen LogP contribution in [0.15, 0.2) is 40.6 Å². The van der Waals surface area contributed by atoms with Crippen molar-refractivity contribution in [2.75, 3.05) is 11.3 Å². The molecule has 0 aliphatic rings. The van der Waals surface area contributed by atoms with Crippen LogP contribution in [0.5, 0.6) is 0 Å². The fourth-order valence-corrected chi connectivity index (χ4v) is 4.26. The molecule has 1 aromatic carbocycles.